The van der Waals surface area contributed by atoms with Crippen LogP contribution in [0.1, 0.15) is 5.82 Å². The van der Waals surface area contributed by atoms with Gasteiger partial charge in [-0.05, 0) is 24.4 Å². The van der Waals surface area contributed by atoms with Crippen LogP contribution in [0.3, 0.4) is 0 Å². The molecule has 4 nitrogen and oxygen atoms in total. The molecule has 0 aliphatic heterocycles. The number of benzene rings is 1. The Bertz CT molecular complexity index is 503. The van der Waals surface area contributed by atoms with Crippen molar-refractivity contribution in [1.29, 1.82) is 0 Å². The first-order valence-electron chi connectivity index (χ1n) is 5.05. The number of aromatic nitrogens is 3. The highest BCUT2D eigenvalue weighted by atomic mass is 32.1. The minimum atomic E-state index is 0.565. The Kier molecular flexibility index (Phi) is 3.36. The van der Waals surface area contributed by atoms with Crippen LogP contribution < -0.4 is 4.74 Å². The highest BCUT2D eigenvalue weighted by Crippen LogP contribution is 2.08. The van der Waals surface area contributed by atoms with E-state index in [1.807, 2.05) is 37.4 Å². The molecule has 0 atom stereocenters. The van der Waals surface area contributed by atoms with Crippen molar-refractivity contribution < 1.29 is 4.74 Å². The lowest BCUT2D eigenvalue weighted by atomic mass is 10.3. The van der Waals surface area contributed by atoms with Gasteiger partial charge in [-0.15, -0.1) is 0 Å². The van der Waals surface area contributed by atoms with Crippen LogP contribution in [0.2, 0.25) is 0 Å². The molecule has 1 aromatic carbocycles. The number of aryl methyl sites for hydroxylation is 1. The molecule has 0 aliphatic carbocycles. The molecule has 5 heteroatoms. The number of ether oxygens (including phenoxy) is 1. The largest absolute Gasteiger partial charge is 0.493 e. The van der Waals surface area contributed by atoms with Crippen molar-refractivity contribution in [1.82, 2.24) is 14.8 Å². The fraction of sp³-hybridized carbons (Fsp3) is 0.273. The van der Waals surface area contributed by atoms with Gasteiger partial charge in [0.25, 0.3) is 0 Å². The molecule has 0 amide bonds. The van der Waals surface area contributed by atoms with Crippen LogP contribution in [-0.2, 0) is 13.5 Å². The van der Waals surface area contributed by atoms with E-state index in [9.17, 15) is 0 Å². The summed E-state index contributed by atoms with van der Waals surface area (Å²) in [6.07, 6.45) is 0.722. The van der Waals surface area contributed by atoms with E-state index >= 15 is 0 Å². The molecule has 0 fully saturated rings. The van der Waals surface area contributed by atoms with Gasteiger partial charge in [0.15, 0.2) is 0 Å². The number of nitrogens with zero attached hydrogens (tertiary/aromatic N) is 2. The summed E-state index contributed by atoms with van der Waals surface area (Å²) in [6, 6.07) is 9.72. The van der Waals surface area contributed by atoms with Crippen molar-refractivity contribution in [2.75, 3.05) is 6.61 Å². The first-order chi connectivity index (χ1) is 7.75. The molecule has 1 aromatic heterocycles. The Hall–Kier alpha value is -1.62. The highest BCUT2D eigenvalue weighted by Gasteiger charge is 1.99. The van der Waals surface area contributed by atoms with Gasteiger partial charge in [-0.25, -0.2) is 4.98 Å². The Morgan fingerprint density at radius 3 is 2.75 bits per heavy atom. The monoisotopic (exact) mass is 235 g/mol. The zero-order valence-electron chi connectivity index (χ0n) is 9.01. The van der Waals surface area contributed by atoms with Crippen molar-refractivity contribution in [3.8, 4) is 5.75 Å². The molecule has 84 valence electrons. The van der Waals surface area contributed by atoms with Crippen LogP contribution in [0.4, 0.5) is 0 Å². The second-order valence-corrected chi connectivity index (χ2v) is 3.79. The molecule has 16 heavy (non-hydrogen) atoms. The topological polar surface area (TPSA) is 42.8 Å². The van der Waals surface area contributed by atoms with Crippen LogP contribution >= 0.6 is 12.2 Å². The summed E-state index contributed by atoms with van der Waals surface area (Å²) in [5.41, 5.74) is 0. The van der Waals surface area contributed by atoms with Gasteiger partial charge in [-0.3, -0.25) is 9.78 Å². The molecular weight excluding hydrogens is 222 g/mol. The number of hydrogen-bond acceptors (Lipinski definition) is 3. The van der Waals surface area contributed by atoms with E-state index in [2.05, 4.69) is 10.1 Å². The van der Waals surface area contributed by atoms with Crippen LogP contribution in [0, 0.1) is 4.77 Å². The third-order valence-electron chi connectivity index (χ3n) is 2.17. The lowest BCUT2D eigenvalue weighted by Gasteiger charge is -2.03. The molecule has 0 spiro atoms. The van der Waals surface area contributed by atoms with Gasteiger partial charge in [0.1, 0.15) is 11.6 Å². The molecule has 1 N–H and O–H groups in total. The van der Waals surface area contributed by atoms with E-state index in [0.717, 1.165) is 18.0 Å². The molecule has 0 aliphatic rings. The van der Waals surface area contributed by atoms with Gasteiger partial charge in [-0.2, -0.15) is 0 Å². The van der Waals surface area contributed by atoms with Gasteiger partial charge in [-0.1, -0.05) is 18.2 Å². The van der Waals surface area contributed by atoms with E-state index in [4.69, 9.17) is 17.0 Å². The smallest absolute Gasteiger partial charge is 0.215 e. The van der Waals surface area contributed by atoms with Gasteiger partial charge >= 0.3 is 0 Å². The van der Waals surface area contributed by atoms with E-state index in [-0.39, 0.29) is 0 Å². The van der Waals surface area contributed by atoms with E-state index < -0.39 is 0 Å². The minimum Gasteiger partial charge on any atom is -0.493 e. The number of aromatic amines is 1. The molecule has 0 radical (unpaired) electrons. The van der Waals surface area contributed by atoms with Crippen molar-refractivity contribution in [2.45, 2.75) is 6.42 Å². The average molecular weight is 235 g/mol. The number of H-pyrrole nitrogens is 1. The standard InChI is InChI=1S/C11H13N3OS/c1-14-11(16)12-10(13-14)7-8-15-9-5-3-2-4-6-9/h2-6H,7-8H2,1H3,(H,12,13,16). The summed E-state index contributed by atoms with van der Waals surface area (Å²) < 4.78 is 7.84. The number of rotatable bonds is 4. The van der Waals surface area contributed by atoms with Gasteiger partial charge in [0.05, 0.1) is 6.61 Å². The predicted octanol–water partition coefficient (Wildman–Crippen LogP) is 2.10. The second-order valence-electron chi connectivity index (χ2n) is 3.42. The molecular formula is C11H13N3OS. The molecule has 0 saturated carbocycles. The quantitative estimate of drug-likeness (QED) is 0.825. The number of hydrogen-bond donors (Lipinski definition) is 1. The van der Waals surface area contributed by atoms with E-state index in [1.165, 1.54) is 0 Å². The maximum atomic E-state index is 5.56. The summed E-state index contributed by atoms with van der Waals surface area (Å²) in [5, 5.41) is 3.05. The molecule has 0 unspecified atom stereocenters. The summed E-state index contributed by atoms with van der Waals surface area (Å²) >= 11 is 5.00. The third kappa shape index (κ3) is 2.70. The Morgan fingerprint density at radius 2 is 2.12 bits per heavy atom. The Balaban J connectivity index is 1.87. The summed E-state index contributed by atoms with van der Waals surface area (Å²) in [5.74, 6) is 1.72. The highest BCUT2D eigenvalue weighted by molar-refractivity contribution is 7.71. The normalized spacial score (nSPS) is 10.3. The van der Waals surface area contributed by atoms with Gasteiger partial charge in [0, 0.05) is 13.5 Å². The summed E-state index contributed by atoms with van der Waals surface area (Å²) in [6.45, 7) is 0.590. The molecule has 1 heterocycles. The molecule has 2 rings (SSSR count). The van der Waals surface area contributed by atoms with Crippen LogP contribution in [-0.4, -0.2) is 21.4 Å². The lowest BCUT2D eigenvalue weighted by molar-refractivity contribution is 0.319. The average Bonchev–Trinajstić information content (AvgIpc) is 2.60. The van der Waals surface area contributed by atoms with Crippen LogP contribution in [0.15, 0.2) is 30.3 Å². The second kappa shape index (κ2) is 4.94. The first kappa shape index (κ1) is 10.9. The Morgan fingerprint density at radius 1 is 1.38 bits per heavy atom. The summed E-state index contributed by atoms with van der Waals surface area (Å²) in [7, 11) is 1.84. The van der Waals surface area contributed by atoms with Crippen molar-refractivity contribution in [3.63, 3.8) is 0 Å². The van der Waals surface area contributed by atoms with Crippen molar-refractivity contribution in [2.24, 2.45) is 7.05 Å². The number of para-hydroxylation sites is 1. The minimum absolute atomic E-state index is 0.565. The third-order valence-corrected chi connectivity index (χ3v) is 2.53. The summed E-state index contributed by atoms with van der Waals surface area (Å²) in [4.78, 5) is 4.18. The van der Waals surface area contributed by atoms with Crippen LogP contribution in [0.5, 0.6) is 5.75 Å². The van der Waals surface area contributed by atoms with Gasteiger partial charge < -0.3 is 4.74 Å². The molecule has 0 saturated heterocycles. The fourth-order valence-corrected chi connectivity index (χ4v) is 1.51. The zero-order valence-corrected chi connectivity index (χ0v) is 9.83. The lowest BCUT2D eigenvalue weighted by Crippen LogP contribution is -2.03. The van der Waals surface area contributed by atoms with E-state index in [0.29, 0.717) is 11.4 Å². The van der Waals surface area contributed by atoms with Crippen molar-refractivity contribution >= 4 is 12.2 Å². The molecule has 0 bridgehead atoms. The first-order valence-corrected chi connectivity index (χ1v) is 5.46. The Labute approximate surface area is 98.9 Å². The predicted molar refractivity (Wildman–Crippen MR) is 64.0 cm³/mol. The fourth-order valence-electron chi connectivity index (χ4n) is 1.35. The van der Waals surface area contributed by atoms with Crippen molar-refractivity contribution in [3.05, 3.63) is 40.9 Å². The maximum Gasteiger partial charge on any atom is 0.215 e. The zero-order chi connectivity index (χ0) is 11.4. The maximum absolute atomic E-state index is 5.56. The number of nitrogens with one attached hydrogen (secondary N) is 1. The van der Waals surface area contributed by atoms with E-state index in [1.54, 1.807) is 4.68 Å². The van der Waals surface area contributed by atoms with Gasteiger partial charge in [0.2, 0.25) is 4.77 Å². The van der Waals surface area contributed by atoms with Crippen LogP contribution in [0.25, 0.3) is 0 Å². The SMILES string of the molecule is Cn1[nH]c(CCOc2ccccc2)nc1=S. The molecule has 2 aromatic rings.